The smallest absolute Gasteiger partial charge is 0.352 e. The Morgan fingerprint density at radius 3 is 2.26 bits per heavy atom. The van der Waals surface area contributed by atoms with Gasteiger partial charge in [0.2, 0.25) is 5.91 Å². The van der Waals surface area contributed by atoms with Crippen LogP contribution in [0.5, 0.6) is 11.5 Å². The minimum absolute atomic E-state index is 0.0151. The molecule has 2 fully saturated rings. The van der Waals surface area contributed by atoms with Gasteiger partial charge in [-0.1, -0.05) is 79.2 Å². The van der Waals surface area contributed by atoms with Gasteiger partial charge in [-0.05, 0) is 42.2 Å². The molecule has 3 aliphatic heterocycles. The normalized spacial score (nSPS) is 22.9. The molecule has 0 spiro atoms. The molecule has 3 aromatic rings. The van der Waals surface area contributed by atoms with E-state index in [9.17, 15) is 24.6 Å². The van der Waals surface area contributed by atoms with E-state index in [1.165, 1.54) is 4.90 Å². The van der Waals surface area contributed by atoms with E-state index >= 15 is 0 Å². The van der Waals surface area contributed by atoms with Gasteiger partial charge >= 0.3 is 5.97 Å². The average Bonchev–Trinajstić information content (AvgIpc) is 3.59. The van der Waals surface area contributed by atoms with Gasteiger partial charge in [0, 0.05) is 31.6 Å². The van der Waals surface area contributed by atoms with E-state index in [1.807, 2.05) is 67.6 Å². The summed E-state index contributed by atoms with van der Waals surface area (Å²) in [6.45, 7) is 5.50. The Kier molecular flexibility index (Phi) is 9.54. The summed E-state index contributed by atoms with van der Waals surface area (Å²) < 4.78 is 12.2. The fourth-order valence-corrected chi connectivity index (χ4v) is 7.17. The molecule has 5 atom stereocenters. The van der Waals surface area contributed by atoms with Gasteiger partial charge < -0.3 is 29.9 Å². The molecule has 0 unspecified atom stereocenters. The van der Waals surface area contributed by atoms with E-state index in [0.717, 1.165) is 11.1 Å². The fourth-order valence-electron chi connectivity index (χ4n) is 6.88. The van der Waals surface area contributed by atoms with Crippen LogP contribution in [-0.2, 0) is 22.8 Å². The van der Waals surface area contributed by atoms with Crippen LogP contribution >= 0.6 is 11.6 Å². The summed E-state index contributed by atoms with van der Waals surface area (Å²) >= 11 is 6.84. The van der Waals surface area contributed by atoms with E-state index in [1.54, 1.807) is 19.1 Å². The molecule has 246 valence electrons. The first-order valence-electron chi connectivity index (χ1n) is 15.8. The number of ether oxygens (including phenoxy) is 2. The maximum absolute atomic E-state index is 13.5. The summed E-state index contributed by atoms with van der Waals surface area (Å²) in [5.41, 5.74) is 2.85. The molecule has 2 amide bonds. The number of carboxylic acids is 1. The van der Waals surface area contributed by atoms with Gasteiger partial charge in [-0.2, -0.15) is 0 Å². The van der Waals surface area contributed by atoms with Crippen LogP contribution in [0.15, 0.2) is 84.1 Å². The summed E-state index contributed by atoms with van der Waals surface area (Å²) in [6.07, 6.45) is -0.196. The summed E-state index contributed by atoms with van der Waals surface area (Å²) in [5.74, 6) is -1.96. The zero-order valence-electron chi connectivity index (χ0n) is 26.3. The zero-order valence-corrected chi connectivity index (χ0v) is 27.0. The lowest BCUT2D eigenvalue weighted by molar-refractivity contribution is -0.163. The van der Waals surface area contributed by atoms with E-state index in [4.69, 9.17) is 21.1 Å². The van der Waals surface area contributed by atoms with E-state index < -0.39 is 18.0 Å². The molecule has 10 nitrogen and oxygen atoms in total. The van der Waals surface area contributed by atoms with Crippen molar-refractivity contribution in [3.63, 3.8) is 0 Å². The number of carbonyl (C=O) groups excluding carboxylic acids is 2. The molecule has 0 bridgehead atoms. The molecule has 0 aliphatic carbocycles. The van der Waals surface area contributed by atoms with Crippen LogP contribution in [0.4, 0.5) is 0 Å². The molecule has 3 N–H and O–H groups in total. The molecule has 3 heterocycles. The lowest BCUT2D eigenvalue weighted by Gasteiger charge is -2.46. The number of rotatable bonds is 12. The fraction of sp³-hybridized carbons (Fsp3) is 0.361. The maximum atomic E-state index is 13.5. The molecule has 3 aliphatic rings. The molecule has 0 aromatic heterocycles. The lowest BCUT2D eigenvalue weighted by atomic mass is 9.77. The van der Waals surface area contributed by atoms with Gasteiger partial charge in [-0.15, -0.1) is 0 Å². The van der Waals surface area contributed by atoms with Crippen molar-refractivity contribution in [1.82, 2.24) is 15.1 Å². The molecule has 6 rings (SSSR count). The second kappa shape index (κ2) is 13.8. The number of benzene rings is 3. The second-order valence-corrected chi connectivity index (χ2v) is 12.8. The Hall–Kier alpha value is -4.38. The number of fused-ring (bicyclic) bond motifs is 1. The monoisotopic (exact) mass is 659 g/mol. The van der Waals surface area contributed by atoms with Gasteiger partial charge in [-0.3, -0.25) is 14.5 Å². The molecule has 0 radical (unpaired) electrons. The van der Waals surface area contributed by atoms with Crippen molar-refractivity contribution in [2.24, 2.45) is 11.8 Å². The minimum atomic E-state index is -1.15. The summed E-state index contributed by atoms with van der Waals surface area (Å²) in [6, 6.07) is 22.1. The van der Waals surface area contributed by atoms with Gasteiger partial charge in [0.05, 0.1) is 28.6 Å². The average molecular weight is 660 g/mol. The summed E-state index contributed by atoms with van der Waals surface area (Å²) in [4.78, 5) is 41.9. The van der Waals surface area contributed by atoms with Crippen LogP contribution in [0.1, 0.15) is 41.8 Å². The number of β-lactam (4-membered cyclic amide) rings is 1. The lowest BCUT2D eigenvalue weighted by Crippen LogP contribution is -2.63. The molecule has 47 heavy (non-hydrogen) atoms. The van der Waals surface area contributed by atoms with Crippen molar-refractivity contribution >= 4 is 29.4 Å². The Morgan fingerprint density at radius 1 is 1.00 bits per heavy atom. The number of nitrogens with one attached hydrogen (secondary N) is 1. The molecule has 2 saturated heterocycles. The van der Waals surface area contributed by atoms with Crippen LogP contribution < -0.4 is 14.8 Å². The Balaban J connectivity index is 1.14. The standard InChI is InChI=1S/C36H38ClN3O7/c1-21-27(32(36(44)45)40-31(21)29(22(2)41)35(40)43)18-39-16-15-25(17-39)38-34(42)26-13-14-28(46-19-23-9-5-3-6-10-23)33(30(26)37)47-20-24-11-7-4-8-12-24/h3-14,21-22,25,29,31,41H,15-20H2,1-2H3,(H,38,42)(H,44,45)/t21-,22+,25+,29+,31+/m0/s1. The van der Waals surface area contributed by atoms with Gasteiger partial charge in [-0.25, -0.2) is 4.79 Å². The quantitative estimate of drug-likeness (QED) is 0.243. The van der Waals surface area contributed by atoms with Crippen molar-refractivity contribution in [3.8, 4) is 11.5 Å². The Bertz CT molecular complexity index is 1680. The number of hydrogen-bond acceptors (Lipinski definition) is 7. The predicted octanol–water partition coefficient (Wildman–Crippen LogP) is 4.50. The minimum Gasteiger partial charge on any atom is -0.485 e. The first-order valence-corrected chi connectivity index (χ1v) is 16.2. The third-order valence-electron chi connectivity index (χ3n) is 9.29. The number of carbonyl (C=O) groups is 3. The number of nitrogens with zero attached hydrogens (tertiary/aromatic N) is 2. The van der Waals surface area contributed by atoms with Crippen molar-refractivity contribution in [3.05, 3.63) is 106 Å². The molecular formula is C36H38ClN3O7. The number of carboxylic acid groups (broad SMARTS) is 1. The highest BCUT2D eigenvalue weighted by atomic mass is 35.5. The van der Waals surface area contributed by atoms with Crippen LogP contribution in [0, 0.1) is 11.8 Å². The van der Waals surface area contributed by atoms with Crippen LogP contribution in [0.3, 0.4) is 0 Å². The van der Waals surface area contributed by atoms with Crippen molar-refractivity contribution in [1.29, 1.82) is 0 Å². The van der Waals surface area contributed by atoms with Crippen molar-refractivity contribution < 1.29 is 34.1 Å². The SMILES string of the molecule is C[C@@H](O)[C@H]1C(=O)N2C(C(=O)O)=C(CN3CC[C@@H](NC(=O)c4ccc(OCc5ccccc5)c(OCc5ccccc5)c4Cl)C3)[C@H](C)[C@H]12. The highest BCUT2D eigenvalue weighted by Crippen LogP contribution is 2.47. The highest BCUT2D eigenvalue weighted by molar-refractivity contribution is 6.35. The number of likely N-dealkylation sites (tertiary alicyclic amines) is 1. The first-order chi connectivity index (χ1) is 22.6. The third kappa shape index (κ3) is 6.58. The topological polar surface area (TPSA) is 129 Å². The summed E-state index contributed by atoms with van der Waals surface area (Å²) in [7, 11) is 0. The van der Waals surface area contributed by atoms with Crippen LogP contribution in [0.2, 0.25) is 5.02 Å². The maximum Gasteiger partial charge on any atom is 0.352 e. The number of aliphatic hydroxyl groups excluding tert-OH is 1. The molecular weight excluding hydrogens is 622 g/mol. The van der Waals surface area contributed by atoms with Crippen molar-refractivity contribution in [2.75, 3.05) is 19.6 Å². The third-order valence-corrected chi connectivity index (χ3v) is 9.66. The number of halogens is 1. The van der Waals surface area contributed by atoms with E-state index in [0.29, 0.717) is 44.0 Å². The second-order valence-electron chi connectivity index (χ2n) is 12.4. The van der Waals surface area contributed by atoms with Gasteiger partial charge in [0.15, 0.2) is 11.5 Å². The number of aliphatic hydroxyl groups is 1. The number of amides is 2. The summed E-state index contributed by atoms with van der Waals surface area (Å²) in [5, 5.41) is 23.3. The zero-order chi connectivity index (χ0) is 33.2. The predicted molar refractivity (Wildman–Crippen MR) is 175 cm³/mol. The van der Waals surface area contributed by atoms with Gasteiger partial charge in [0.1, 0.15) is 18.9 Å². The Morgan fingerprint density at radius 2 is 1.64 bits per heavy atom. The van der Waals surface area contributed by atoms with Crippen LogP contribution in [-0.4, -0.2) is 75.6 Å². The largest absolute Gasteiger partial charge is 0.485 e. The van der Waals surface area contributed by atoms with Crippen molar-refractivity contribution in [2.45, 2.75) is 51.7 Å². The van der Waals surface area contributed by atoms with Crippen LogP contribution in [0.25, 0.3) is 0 Å². The number of aliphatic carboxylic acids is 1. The Labute approximate surface area is 278 Å². The molecule has 0 saturated carbocycles. The molecule has 3 aromatic carbocycles. The number of hydrogen-bond donors (Lipinski definition) is 3. The van der Waals surface area contributed by atoms with E-state index in [2.05, 4.69) is 10.2 Å². The first kappa shape index (κ1) is 32.6. The molecule has 11 heteroatoms. The highest BCUT2D eigenvalue weighted by Gasteiger charge is 2.59. The van der Waals surface area contributed by atoms with E-state index in [-0.39, 0.29) is 58.5 Å². The van der Waals surface area contributed by atoms with Gasteiger partial charge in [0.25, 0.3) is 5.91 Å².